The lowest BCUT2D eigenvalue weighted by molar-refractivity contribution is 0.795. The average Bonchev–Trinajstić information content (AvgIpc) is 2.71. The summed E-state index contributed by atoms with van der Waals surface area (Å²) in [5.74, 6) is 1.41. The Kier molecular flexibility index (Phi) is 6.31. The third kappa shape index (κ3) is 5.23. The van der Waals surface area contributed by atoms with Crippen LogP contribution in [0.2, 0.25) is 0 Å². The van der Waals surface area contributed by atoms with E-state index in [9.17, 15) is 0 Å². The molecule has 0 radical (unpaired) electrons. The van der Waals surface area contributed by atoms with Crippen molar-refractivity contribution in [1.29, 1.82) is 0 Å². The van der Waals surface area contributed by atoms with Gasteiger partial charge in [0.25, 0.3) is 0 Å². The summed E-state index contributed by atoms with van der Waals surface area (Å²) < 4.78 is 0. The van der Waals surface area contributed by atoms with E-state index in [-0.39, 0.29) is 0 Å². The Morgan fingerprint density at radius 3 is 2.44 bits per heavy atom. The predicted molar refractivity (Wildman–Crippen MR) is 113 cm³/mol. The quantitative estimate of drug-likeness (QED) is 0.440. The van der Waals surface area contributed by atoms with E-state index in [1.54, 1.807) is 0 Å². The lowest BCUT2D eigenvalue weighted by atomic mass is 10.0. The monoisotopic (exact) mass is 358 g/mol. The first kappa shape index (κ1) is 18.8. The van der Waals surface area contributed by atoms with Crippen molar-refractivity contribution in [2.24, 2.45) is 5.10 Å². The fraction of sp³-hybridized carbons (Fsp3) is 0.261. The Balaban J connectivity index is 1.74. The zero-order chi connectivity index (χ0) is 19.1. The lowest BCUT2D eigenvalue weighted by Crippen LogP contribution is -2.03. The van der Waals surface area contributed by atoms with Gasteiger partial charge in [0.2, 0.25) is 0 Å². The molecule has 0 unspecified atom stereocenters. The Hall–Kier alpha value is -3.01. The van der Waals surface area contributed by atoms with Crippen LogP contribution in [-0.4, -0.2) is 15.7 Å². The molecular weight excluding hydrogens is 332 g/mol. The summed E-state index contributed by atoms with van der Waals surface area (Å²) in [7, 11) is 0. The van der Waals surface area contributed by atoms with E-state index in [1.165, 1.54) is 18.4 Å². The summed E-state index contributed by atoms with van der Waals surface area (Å²) in [5, 5.41) is 4.51. The van der Waals surface area contributed by atoms with E-state index in [0.717, 1.165) is 29.0 Å². The van der Waals surface area contributed by atoms with Gasteiger partial charge in [0.15, 0.2) is 0 Å². The second-order valence-corrected chi connectivity index (χ2v) is 6.66. The molecule has 138 valence electrons. The van der Waals surface area contributed by atoms with Gasteiger partial charge in [-0.15, -0.1) is 0 Å². The molecule has 0 saturated carbocycles. The first-order valence-corrected chi connectivity index (χ1v) is 9.46. The van der Waals surface area contributed by atoms with Gasteiger partial charge in [-0.1, -0.05) is 67.9 Å². The SMILES string of the molecule is CCCCc1ccc(C(C)=NNc2cc(-c3ccccc3)nc(C)n2)cc1. The maximum absolute atomic E-state index is 4.52. The minimum atomic E-state index is 0.695. The van der Waals surface area contributed by atoms with Gasteiger partial charge in [0, 0.05) is 11.6 Å². The highest BCUT2D eigenvalue weighted by atomic mass is 15.3. The second-order valence-electron chi connectivity index (χ2n) is 6.66. The molecule has 4 nitrogen and oxygen atoms in total. The lowest BCUT2D eigenvalue weighted by Gasteiger charge is -2.07. The van der Waals surface area contributed by atoms with Crippen molar-refractivity contribution in [3.63, 3.8) is 0 Å². The molecule has 0 saturated heterocycles. The fourth-order valence-corrected chi connectivity index (χ4v) is 2.88. The van der Waals surface area contributed by atoms with Gasteiger partial charge in [-0.25, -0.2) is 9.97 Å². The standard InChI is InChI=1S/C23H26N4/c1-4-5-9-19-12-14-20(15-13-19)17(2)26-27-23-16-22(24-18(3)25-23)21-10-7-6-8-11-21/h6-8,10-16H,4-5,9H2,1-3H3,(H,24,25,27). The number of hydrogen-bond acceptors (Lipinski definition) is 4. The van der Waals surface area contributed by atoms with Crippen LogP contribution >= 0.6 is 0 Å². The fourth-order valence-electron chi connectivity index (χ4n) is 2.88. The molecule has 1 aromatic heterocycles. The minimum absolute atomic E-state index is 0.695. The molecule has 0 amide bonds. The van der Waals surface area contributed by atoms with Gasteiger partial charge in [-0.05, 0) is 37.8 Å². The van der Waals surface area contributed by atoms with Crippen LogP contribution in [0.25, 0.3) is 11.3 Å². The molecular formula is C23H26N4. The molecule has 0 fully saturated rings. The van der Waals surface area contributed by atoms with Crippen LogP contribution in [0.3, 0.4) is 0 Å². The molecule has 3 rings (SSSR count). The minimum Gasteiger partial charge on any atom is -0.261 e. The van der Waals surface area contributed by atoms with Crippen LogP contribution in [0.1, 0.15) is 43.6 Å². The van der Waals surface area contributed by atoms with Crippen molar-refractivity contribution in [3.8, 4) is 11.3 Å². The zero-order valence-corrected chi connectivity index (χ0v) is 16.2. The largest absolute Gasteiger partial charge is 0.261 e. The summed E-state index contributed by atoms with van der Waals surface area (Å²) in [4.78, 5) is 8.97. The number of nitrogens with zero attached hydrogens (tertiary/aromatic N) is 3. The average molecular weight is 358 g/mol. The molecule has 0 bridgehead atoms. The maximum Gasteiger partial charge on any atom is 0.150 e. The molecule has 0 atom stereocenters. The van der Waals surface area contributed by atoms with Gasteiger partial charge in [-0.3, -0.25) is 5.43 Å². The summed E-state index contributed by atoms with van der Waals surface area (Å²) in [6.07, 6.45) is 3.58. The molecule has 27 heavy (non-hydrogen) atoms. The summed E-state index contributed by atoms with van der Waals surface area (Å²) in [6, 6.07) is 20.7. The summed E-state index contributed by atoms with van der Waals surface area (Å²) >= 11 is 0. The molecule has 1 N–H and O–H groups in total. The van der Waals surface area contributed by atoms with Crippen LogP contribution in [0, 0.1) is 6.92 Å². The van der Waals surface area contributed by atoms with Gasteiger partial charge in [0.1, 0.15) is 11.6 Å². The topological polar surface area (TPSA) is 50.2 Å². The van der Waals surface area contributed by atoms with Crippen molar-refractivity contribution < 1.29 is 0 Å². The van der Waals surface area contributed by atoms with Crippen LogP contribution in [0.4, 0.5) is 5.82 Å². The Morgan fingerprint density at radius 2 is 1.74 bits per heavy atom. The third-order valence-corrected chi connectivity index (χ3v) is 4.44. The van der Waals surface area contributed by atoms with E-state index in [2.05, 4.69) is 51.7 Å². The number of aryl methyl sites for hydroxylation is 2. The van der Waals surface area contributed by atoms with Crippen molar-refractivity contribution in [1.82, 2.24) is 9.97 Å². The molecule has 0 aliphatic carbocycles. The van der Waals surface area contributed by atoms with Gasteiger partial charge in [0.05, 0.1) is 11.4 Å². The van der Waals surface area contributed by atoms with Gasteiger partial charge >= 0.3 is 0 Å². The summed E-state index contributed by atoms with van der Waals surface area (Å²) in [6.45, 7) is 6.11. The van der Waals surface area contributed by atoms with Crippen LogP contribution in [-0.2, 0) is 6.42 Å². The number of aromatic nitrogens is 2. The highest BCUT2D eigenvalue weighted by Gasteiger charge is 2.04. The second kappa shape index (κ2) is 9.08. The van der Waals surface area contributed by atoms with Gasteiger partial charge < -0.3 is 0 Å². The zero-order valence-electron chi connectivity index (χ0n) is 16.2. The Bertz CT molecular complexity index is 899. The molecule has 0 spiro atoms. The first-order chi connectivity index (χ1) is 13.2. The van der Waals surface area contributed by atoms with Crippen molar-refractivity contribution in [2.75, 3.05) is 5.43 Å². The molecule has 0 aliphatic rings. The molecule has 4 heteroatoms. The van der Waals surface area contributed by atoms with Crippen LogP contribution in [0.15, 0.2) is 65.8 Å². The number of rotatable bonds is 7. The molecule has 0 aliphatic heterocycles. The number of hydrogen-bond donors (Lipinski definition) is 1. The number of anilines is 1. The molecule has 1 heterocycles. The number of benzene rings is 2. The number of nitrogens with one attached hydrogen (secondary N) is 1. The highest BCUT2D eigenvalue weighted by Crippen LogP contribution is 2.19. The number of unbranched alkanes of at least 4 members (excludes halogenated alkanes) is 1. The Morgan fingerprint density at radius 1 is 1.00 bits per heavy atom. The van der Waals surface area contributed by atoms with Gasteiger partial charge in [-0.2, -0.15) is 5.10 Å². The van der Waals surface area contributed by atoms with E-state index in [4.69, 9.17) is 0 Å². The van der Waals surface area contributed by atoms with E-state index < -0.39 is 0 Å². The highest BCUT2D eigenvalue weighted by molar-refractivity contribution is 5.99. The molecule has 2 aromatic carbocycles. The maximum atomic E-state index is 4.52. The molecule has 3 aromatic rings. The normalized spacial score (nSPS) is 11.4. The van der Waals surface area contributed by atoms with E-state index in [0.29, 0.717) is 11.6 Å². The van der Waals surface area contributed by atoms with Crippen LogP contribution < -0.4 is 5.43 Å². The van der Waals surface area contributed by atoms with Crippen molar-refractivity contribution >= 4 is 11.5 Å². The first-order valence-electron chi connectivity index (χ1n) is 9.46. The third-order valence-electron chi connectivity index (χ3n) is 4.44. The summed E-state index contributed by atoms with van der Waals surface area (Å²) in [5.41, 5.74) is 8.44. The smallest absolute Gasteiger partial charge is 0.150 e. The Labute approximate surface area is 161 Å². The van der Waals surface area contributed by atoms with E-state index >= 15 is 0 Å². The predicted octanol–water partition coefficient (Wildman–Crippen LogP) is 5.63. The number of hydrazone groups is 1. The van der Waals surface area contributed by atoms with E-state index in [1.807, 2.05) is 50.2 Å². The van der Waals surface area contributed by atoms with Crippen molar-refractivity contribution in [3.05, 3.63) is 77.6 Å². The van der Waals surface area contributed by atoms with Crippen molar-refractivity contribution in [2.45, 2.75) is 40.0 Å². The van der Waals surface area contributed by atoms with Crippen LogP contribution in [0.5, 0.6) is 0 Å².